The number of nitrogens with two attached hydrogens (primary N) is 1. The molecule has 1 aromatic carbocycles. The van der Waals surface area contributed by atoms with Gasteiger partial charge >= 0.3 is 5.97 Å². The first-order chi connectivity index (χ1) is 9.51. The first-order valence-corrected chi connectivity index (χ1v) is 7.27. The number of hydrogen-bond acceptors (Lipinski definition) is 3. The molecule has 0 atom stereocenters. The number of rotatable bonds is 3. The van der Waals surface area contributed by atoms with Gasteiger partial charge in [-0.3, -0.25) is 0 Å². The van der Waals surface area contributed by atoms with Crippen LogP contribution in [0.5, 0.6) is 0 Å². The molecule has 1 saturated carbocycles. The summed E-state index contributed by atoms with van der Waals surface area (Å²) in [7, 11) is 0. The predicted octanol–water partition coefficient (Wildman–Crippen LogP) is 3.84. The zero-order valence-corrected chi connectivity index (χ0v) is 12.1. The Bertz CT molecular complexity index is 470. The van der Waals surface area contributed by atoms with Crippen LogP contribution in [0.1, 0.15) is 54.9 Å². The van der Waals surface area contributed by atoms with Gasteiger partial charge in [0.25, 0.3) is 0 Å². The molecule has 4 heteroatoms. The maximum atomic E-state index is 13.6. The molecule has 0 aliphatic heterocycles. The van der Waals surface area contributed by atoms with Crippen molar-refractivity contribution >= 4 is 11.7 Å². The van der Waals surface area contributed by atoms with Crippen molar-refractivity contribution in [3.8, 4) is 0 Å². The average molecular weight is 279 g/mol. The Morgan fingerprint density at radius 1 is 1.35 bits per heavy atom. The molecule has 20 heavy (non-hydrogen) atoms. The minimum Gasteiger partial charge on any atom is -0.459 e. The van der Waals surface area contributed by atoms with Crippen LogP contribution in [0.25, 0.3) is 0 Å². The summed E-state index contributed by atoms with van der Waals surface area (Å²) < 4.78 is 19.0. The normalized spacial score (nSPS) is 22.6. The van der Waals surface area contributed by atoms with Crippen molar-refractivity contribution in [2.24, 2.45) is 5.92 Å². The summed E-state index contributed by atoms with van der Waals surface area (Å²) in [6.45, 7) is 3.78. The smallest absolute Gasteiger partial charge is 0.338 e. The minimum absolute atomic E-state index is 0.0455. The third-order valence-corrected chi connectivity index (χ3v) is 4.27. The van der Waals surface area contributed by atoms with Crippen LogP contribution < -0.4 is 5.73 Å². The number of nitrogen functional groups attached to an aromatic ring is 1. The van der Waals surface area contributed by atoms with Crippen molar-refractivity contribution in [3.63, 3.8) is 0 Å². The molecule has 0 aromatic heterocycles. The van der Waals surface area contributed by atoms with Crippen molar-refractivity contribution in [2.45, 2.75) is 52.1 Å². The molecular formula is C16H22FNO2. The van der Waals surface area contributed by atoms with Crippen LogP contribution in [0.4, 0.5) is 10.1 Å². The summed E-state index contributed by atoms with van der Waals surface area (Å²) in [4.78, 5) is 12.0. The van der Waals surface area contributed by atoms with Crippen molar-refractivity contribution in [3.05, 3.63) is 29.1 Å². The molecule has 1 fully saturated rings. The van der Waals surface area contributed by atoms with Gasteiger partial charge in [-0.05, 0) is 50.7 Å². The van der Waals surface area contributed by atoms with E-state index in [1.54, 1.807) is 6.92 Å². The zero-order chi connectivity index (χ0) is 14.7. The third kappa shape index (κ3) is 3.30. The van der Waals surface area contributed by atoms with E-state index in [-0.39, 0.29) is 17.4 Å². The highest BCUT2D eigenvalue weighted by Crippen LogP contribution is 2.29. The van der Waals surface area contributed by atoms with Crippen LogP contribution in [-0.4, -0.2) is 12.1 Å². The molecule has 1 aromatic rings. The lowest BCUT2D eigenvalue weighted by Crippen LogP contribution is -2.24. The second-order valence-electron chi connectivity index (χ2n) is 5.63. The van der Waals surface area contributed by atoms with Crippen molar-refractivity contribution in [1.82, 2.24) is 0 Å². The van der Waals surface area contributed by atoms with Crippen LogP contribution in [0.3, 0.4) is 0 Å². The summed E-state index contributed by atoms with van der Waals surface area (Å²) in [5, 5.41) is 0. The fraction of sp³-hybridized carbons (Fsp3) is 0.562. The number of ether oxygens (including phenoxy) is 1. The number of benzene rings is 1. The van der Waals surface area contributed by atoms with E-state index >= 15 is 0 Å². The third-order valence-electron chi connectivity index (χ3n) is 4.27. The molecule has 0 bridgehead atoms. The summed E-state index contributed by atoms with van der Waals surface area (Å²) >= 11 is 0. The molecule has 0 saturated heterocycles. The van der Waals surface area contributed by atoms with Gasteiger partial charge in [0.2, 0.25) is 0 Å². The van der Waals surface area contributed by atoms with E-state index in [4.69, 9.17) is 10.5 Å². The largest absolute Gasteiger partial charge is 0.459 e. The molecule has 2 rings (SSSR count). The van der Waals surface area contributed by atoms with E-state index in [1.807, 2.05) is 0 Å². The molecule has 2 N–H and O–H groups in total. The van der Waals surface area contributed by atoms with Gasteiger partial charge in [0, 0.05) is 11.3 Å². The lowest BCUT2D eigenvalue weighted by Gasteiger charge is -2.27. The van der Waals surface area contributed by atoms with Crippen molar-refractivity contribution in [1.29, 1.82) is 0 Å². The highest BCUT2D eigenvalue weighted by atomic mass is 19.1. The fourth-order valence-corrected chi connectivity index (χ4v) is 2.70. The standard InChI is InChI=1S/C16H22FNO2/c1-3-11-4-6-13(7-5-11)20-16(19)12-8-14(17)10(2)15(18)9-12/h8-9,11,13H,3-7,18H2,1-2H3. The minimum atomic E-state index is -0.476. The Morgan fingerprint density at radius 2 is 2.00 bits per heavy atom. The van der Waals surface area contributed by atoms with Gasteiger partial charge in [-0.1, -0.05) is 13.3 Å². The molecule has 110 valence electrons. The number of halogens is 1. The van der Waals surface area contributed by atoms with Gasteiger partial charge < -0.3 is 10.5 Å². The molecule has 1 aliphatic rings. The maximum absolute atomic E-state index is 13.6. The zero-order valence-electron chi connectivity index (χ0n) is 12.1. The SMILES string of the molecule is CCC1CCC(OC(=O)c2cc(N)c(C)c(F)c2)CC1. The summed E-state index contributed by atoms with van der Waals surface area (Å²) in [6, 6.07) is 2.68. The first-order valence-electron chi connectivity index (χ1n) is 7.27. The van der Waals surface area contributed by atoms with E-state index < -0.39 is 11.8 Å². The van der Waals surface area contributed by atoms with Crippen LogP contribution >= 0.6 is 0 Å². The van der Waals surface area contributed by atoms with E-state index in [0.717, 1.165) is 31.6 Å². The molecular weight excluding hydrogens is 257 g/mol. The number of anilines is 1. The second kappa shape index (κ2) is 6.25. The number of hydrogen-bond donors (Lipinski definition) is 1. The van der Waals surface area contributed by atoms with Crippen molar-refractivity contribution < 1.29 is 13.9 Å². The van der Waals surface area contributed by atoms with Gasteiger partial charge in [-0.25, -0.2) is 9.18 Å². The average Bonchev–Trinajstić information content (AvgIpc) is 2.45. The Labute approximate surface area is 119 Å². The van der Waals surface area contributed by atoms with Crippen molar-refractivity contribution in [2.75, 3.05) is 5.73 Å². The van der Waals surface area contributed by atoms with E-state index in [1.165, 1.54) is 18.6 Å². The van der Waals surface area contributed by atoms with Gasteiger partial charge in [0.05, 0.1) is 5.56 Å². The molecule has 0 spiro atoms. The number of carbonyl (C=O) groups is 1. The van der Waals surface area contributed by atoms with Crippen LogP contribution in [0.15, 0.2) is 12.1 Å². The molecule has 3 nitrogen and oxygen atoms in total. The topological polar surface area (TPSA) is 52.3 Å². The predicted molar refractivity (Wildman–Crippen MR) is 77.0 cm³/mol. The molecule has 0 amide bonds. The Balaban J connectivity index is 1.99. The molecule has 1 aliphatic carbocycles. The summed E-state index contributed by atoms with van der Waals surface area (Å²) in [5.74, 6) is -0.195. The highest BCUT2D eigenvalue weighted by Gasteiger charge is 2.24. The quantitative estimate of drug-likeness (QED) is 0.675. The molecule has 0 heterocycles. The first kappa shape index (κ1) is 14.8. The van der Waals surface area contributed by atoms with Gasteiger partial charge in [-0.2, -0.15) is 0 Å². The van der Waals surface area contributed by atoms with Gasteiger partial charge in [-0.15, -0.1) is 0 Å². The van der Waals surface area contributed by atoms with Gasteiger partial charge in [0.1, 0.15) is 11.9 Å². The fourth-order valence-electron chi connectivity index (χ4n) is 2.70. The van der Waals surface area contributed by atoms with Crippen LogP contribution in [-0.2, 0) is 4.74 Å². The molecule has 0 radical (unpaired) electrons. The van der Waals surface area contributed by atoms with E-state index in [0.29, 0.717) is 5.56 Å². The van der Waals surface area contributed by atoms with Crippen LogP contribution in [0, 0.1) is 18.7 Å². The Hall–Kier alpha value is -1.58. The number of carbonyl (C=O) groups excluding carboxylic acids is 1. The highest BCUT2D eigenvalue weighted by molar-refractivity contribution is 5.90. The van der Waals surface area contributed by atoms with Gasteiger partial charge in [0.15, 0.2) is 0 Å². The Morgan fingerprint density at radius 3 is 2.55 bits per heavy atom. The van der Waals surface area contributed by atoms with E-state index in [2.05, 4.69) is 6.92 Å². The summed E-state index contributed by atoms with van der Waals surface area (Å²) in [5.41, 5.74) is 6.53. The van der Waals surface area contributed by atoms with E-state index in [9.17, 15) is 9.18 Å². The summed E-state index contributed by atoms with van der Waals surface area (Å²) in [6.07, 6.45) is 5.12. The molecule has 0 unspecified atom stereocenters. The second-order valence-corrected chi connectivity index (χ2v) is 5.63. The monoisotopic (exact) mass is 279 g/mol. The maximum Gasteiger partial charge on any atom is 0.338 e. The lowest BCUT2D eigenvalue weighted by atomic mass is 9.86. The lowest BCUT2D eigenvalue weighted by molar-refractivity contribution is 0.0164. The Kier molecular flexibility index (Phi) is 4.63. The van der Waals surface area contributed by atoms with Crippen LogP contribution in [0.2, 0.25) is 0 Å². The number of esters is 1.